The minimum atomic E-state index is -0.792. The maximum atomic E-state index is 10.5. The van der Waals surface area contributed by atoms with Crippen molar-refractivity contribution in [2.45, 2.75) is 32.6 Å². The molecule has 19 heavy (non-hydrogen) atoms. The van der Waals surface area contributed by atoms with E-state index in [0.717, 1.165) is 29.8 Å². The number of hydrogen-bond acceptors (Lipinski definition) is 2. The number of aryl methyl sites for hydroxylation is 2. The Morgan fingerprint density at radius 2 is 2.00 bits per heavy atom. The van der Waals surface area contributed by atoms with Gasteiger partial charge < -0.3 is 5.11 Å². The molecule has 0 radical (unpaired) electrons. The van der Waals surface area contributed by atoms with Crippen LogP contribution in [-0.4, -0.2) is 21.3 Å². The molecule has 0 aliphatic heterocycles. The van der Waals surface area contributed by atoms with Crippen LogP contribution in [0.1, 0.15) is 31.0 Å². The van der Waals surface area contributed by atoms with E-state index < -0.39 is 5.97 Å². The molecule has 2 aromatic rings. The smallest absolute Gasteiger partial charge is 0.303 e. The molecule has 4 heteroatoms. The summed E-state index contributed by atoms with van der Waals surface area (Å²) in [5.74, 6) is -0.792. The molecule has 0 amide bonds. The zero-order valence-electron chi connectivity index (χ0n) is 11.0. The molecule has 0 saturated carbocycles. The minimum Gasteiger partial charge on any atom is -0.481 e. The van der Waals surface area contributed by atoms with Gasteiger partial charge in [-0.3, -0.25) is 9.89 Å². The van der Waals surface area contributed by atoms with Crippen LogP contribution in [0.15, 0.2) is 30.3 Å². The first-order valence-corrected chi connectivity index (χ1v) is 6.54. The van der Waals surface area contributed by atoms with Gasteiger partial charge in [-0.15, -0.1) is 0 Å². The Morgan fingerprint density at radius 1 is 1.26 bits per heavy atom. The first-order chi connectivity index (χ1) is 9.19. The van der Waals surface area contributed by atoms with Crippen LogP contribution in [0.3, 0.4) is 0 Å². The molecule has 0 aliphatic carbocycles. The number of aromatic amines is 1. The quantitative estimate of drug-likeness (QED) is 0.837. The summed E-state index contributed by atoms with van der Waals surface area (Å²) < 4.78 is 0. The average molecular weight is 258 g/mol. The van der Waals surface area contributed by atoms with E-state index >= 15 is 0 Å². The summed E-state index contributed by atoms with van der Waals surface area (Å²) in [5, 5.41) is 15.8. The summed E-state index contributed by atoms with van der Waals surface area (Å²) in [6.07, 6.45) is 2.83. The van der Waals surface area contributed by atoms with E-state index in [0.29, 0.717) is 6.42 Å². The summed E-state index contributed by atoms with van der Waals surface area (Å²) in [6.45, 7) is 2.16. The van der Waals surface area contributed by atoms with Crippen molar-refractivity contribution in [1.29, 1.82) is 0 Å². The van der Waals surface area contributed by atoms with Gasteiger partial charge in [-0.2, -0.15) is 5.10 Å². The highest BCUT2D eigenvalue weighted by atomic mass is 16.4. The van der Waals surface area contributed by atoms with Crippen LogP contribution >= 0.6 is 0 Å². The standard InChI is InChI=1S/C15H18N2O2/c1-2-3-11-4-6-12(7-5-11)14-10-13(16-17-14)8-9-15(18)19/h4-7,10H,2-3,8-9H2,1H3,(H,16,17)(H,18,19). The average Bonchev–Trinajstić information content (AvgIpc) is 2.86. The Hall–Kier alpha value is -2.10. The number of aromatic nitrogens is 2. The summed E-state index contributed by atoms with van der Waals surface area (Å²) in [5.41, 5.74) is 4.10. The molecule has 2 rings (SSSR count). The molecule has 4 nitrogen and oxygen atoms in total. The minimum absolute atomic E-state index is 0.122. The highest BCUT2D eigenvalue weighted by Gasteiger charge is 2.05. The van der Waals surface area contributed by atoms with Gasteiger partial charge in [0.05, 0.1) is 12.1 Å². The van der Waals surface area contributed by atoms with E-state index in [-0.39, 0.29) is 6.42 Å². The van der Waals surface area contributed by atoms with Crippen molar-refractivity contribution in [1.82, 2.24) is 10.2 Å². The van der Waals surface area contributed by atoms with Crippen molar-refractivity contribution < 1.29 is 9.90 Å². The fourth-order valence-corrected chi connectivity index (χ4v) is 2.01. The summed E-state index contributed by atoms with van der Waals surface area (Å²) in [7, 11) is 0. The summed E-state index contributed by atoms with van der Waals surface area (Å²) >= 11 is 0. The molecule has 1 aromatic carbocycles. The summed E-state index contributed by atoms with van der Waals surface area (Å²) in [6, 6.07) is 10.3. The number of nitrogens with zero attached hydrogens (tertiary/aromatic N) is 1. The maximum Gasteiger partial charge on any atom is 0.303 e. The highest BCUT2D eigenvalue weighted by Crippen LogP contribution is 2.19. The zero-order chi connectivity index (χ0) is 13.7. The molecular formula is C15H18N2O2. The van der Waals surface area contributed by atoms with E-state index in [1.165, 1.54) is 5.56 Å². The number of aliphatic carboxylic acids is 1. The van der Waals surface area contributed by atoms with E-state index in [4.69, 9.17) is 5.11 Å². The number of hydrogen-bond donors (Lipinski definition) is 2. The molecular weight excluding hydrogens is 240 g/mol. The molecule has 1 heterocycles. The van der Waals surface area contributed by atoms with Gasteiger partial charge in [-0.05, 0) is 24.5 Å². The Morgan fingerprint density at radius 3 is 2.63 bits per heavy atom. The van der Waals surface area contributed by atoms with E-state index in [9.17, 15) is 4.79 Å². The molecule has 2 N–H and O–H groups in total. The fraction of sp³-hybridized carbons (Fsp3) is 0.333. The van der Waals surface area contributed by atoms with E-state index in [1.54, 1.807) is 0 Å². The molecule has 0 saturated heterocycles. The first kappa shape index (κ1) is 13.3. The Balaban J connectivity index is 2.07. The highest BCUT2D eigenvalue weighted by molar-refractivity contribution is 5.67. The van der Waals surface area contributed by atoms with Crippen molar-refractivity contribution in [2.24, 2.45) is 0 Å². The van der Waals surface area contributed by atoms with Gasteiger partial charge in [0.1, 0.15) is 0 Å². The Bertz CT molecular complexity index is 544. The second-order valence-corrected chi connectivity index (χ2v) is 4.62. The van der Waals surface area contributed by atoms with E-state index in [2.05, 4.69) is 41.4 Å². The Labute approximate surface area is 112 Å². The van der Waals surface area contributed by atoms with Crippen LogP contribution in [0.2, 0.25) is 0 Å². The van der Waals surface area contributed by atoms with Crippen LogP contribution in [0.5, 0.6) is 0 Å². The van der Waals surface area contributed by atoms with Crippen molar-refractivity contribution in [2.75, 3.05) is 0 Å². The number of carbonyl (C=O) groups is 1. The maximum absolute atomic E-state index is 10.5. The van der Waals surface area contributed by atoms with Crippen LogP contribution in [0.25, 0.3) is 11.3 Å². The van der Waals surface area contributed by atoms with Gasteiger partial charge in [-0.1, -0.05) is 37.6 Å². The topological polar surface area (TPSA) is 66.0 Å². The number of rotatable bonds is 6. The van der Waals surface area contributed by atoms with Crippen molar-refractivity contribution >= 4 is 5.97 Å². The van der Waals surface area contributed by atoms with Gasteiger partial charge in [0.25, 0.3) is 0 Å². The molecule has 100 valence electrons. The molecule has 0 fully saturated rings. The largest absolute Gasteiger partial charge is 0.481 e. The third-order valence-corrected chi connectivity index (χ3v) is 3.03. The molecule has 1 aromatic heterocycles. The third kappa shape index (κ3) is 3.68. The third-order valence-electron chi connectivity index (χ3n) is 3.03. The van der Waals surface area contributed by atoms with Crippen molar-refractivity contribution in [3.05, 3.63) is 41.6 Å². The normalized spacial score (nSPS) is 10.6. The lowest BCUT2D eigenvalue weighted by atomic mass is 10.1. The Kier molecular flexibility index (Phi) is 4.34. The number of H-pyrrole nitrogens is 1. The zero-order valence-corrected chi connectivity index (χ0v) is 11.0. The lowest BCUT2D eigenvalue weighted by molar-refractivity contribution is -0.136. The summed E-state index contributed by atoms with van der Waals surface area (Å²) in [4.78, 5) is 10.5. The predicted octanol–water partition coefficient (Wildman–Crippen LogP) is 3.05. The van der Waals surface area contributed by atoms with Gasteiger partial charge in [-0.25, -0.2) is 0 Å². The van der Waals surface area contributed by atoms with Crippen LogP contribution in [0.4, 0.5) is 0 Å². The monoisotopic (exact) mass is 258 g/mol. The van der Waals surface area contributed by atoms with Gasteiger partial charge in [0, 0.05) is 11.3 Å². The number of benzene rings is 1. The second-order valence-electron chi connectivity index (χ2n) is 4.62. The van der Waals surface area contributed by atoms with Crippen molar-refractivity contribution in [3.8, 4) is 11.3 Å². The first-order valence-electron chi connectivity index (χ1n) is 6.54. The van der Waals surface area contributed by atoms with Gasteiger partial charge >= 0.3 is 5.97 Å². The van der Waals surface area contributed by atoms with Crippen LogP contribution in [-0.2, 0) is 17.6 Å². The number of carboxylic acids is 1. The molecule has 0 unspecified atom stereocenters. The van der Waals surface area contributed by atoms with Crippen LogP contribution < -0.4 is 0 Å². The lowest BCUT2D eigenvalue weighted by Crippen LogP contribution is -1.97. The van der Waals surface area contributed by atoms with Gasteiger partial charge in [0.2, 0.25) is 0 Å². The molecule has 0 atom stereocenters. The lowest BCUT2D eigenvalue weighted by Gasteiger charge is -2.00. The molecule has 0 spiro atoms. The van der Waals surface area contributed by atoms with Crippen LogP contribution in [0, 0.1) is 0 Å². The molecule has 0 bridgehead atoms. The fourth-order valence-electron chi connectivity index (χ4n) is 2.01. The number of carboxylic acid groups (broad SMARTS) is 1. The predicted molar refractivity (Wildman–Crippen MR) is 74.0 cm³/mol. The van der Waals surface area contributed by atoms with Gasteiger partial charge in [0.15, 0.2) is 0 Å². The van der Waals surface area contributed by atoms with Crippen molar-refractivity contribution in [3.63, 3.8) is 0 Å². The van der Waals surface area contributed by atoms with E-state index in [1.807, 2.05) is 6.07 Å². The molecule has 0 aliphatic rings. The number of nitrogens with one attached hydrogen (secondary N) is 1. The SMILES string of the molecule is CCCc1ccc(-c2cc(CCC(=O)O)[nH]n2)cc1. The second kappa shape index (κ2) is 6.18.